The lowest BCUT2D eigenvalue weighted by Gasteiger charge is -2.20. The molecule has 0 saturated heterocycles. The number of hydrogen-bond donors (Lipinski definition) is 4. The maximum absolute atomic E-state index is 13.7. The maximum Gasteiger partial charge on any atom is 0.336 e. The average molecular weight is 571 g/mol. The van der Waals surface area contributed by atoms with Crippen molar-refractivity contribution in [2.24, 2.45) is 16.5 Å². The second kappa shape index (κ2) is 9.33. The van der Waals surface area contributed by atoms with Gasteiger partial charge in [-0.1, -0.05) is 48.5 Å². The zero-order valence-corrected chi connectivity index (χ0v) is 22.6. The fourth-order valence-corrected chi connectivity index (χ4v) is 6.27. The molecule has 10 heteroatoms. The molecule has 6 N–H and O–H groups in total. The number of nitrogens with zero attached hydrogens (tertiary/aromatic N) is 1. The maximum atomic E-state index is 13.7. The standard InChI is InChI=1S/C33H22N4O6/c1-43-32(14-5-3-2-4-6-14)36-28(34)21-13-22(33(41)42)24-17-9-10-18(29(35)38)25-19-11-7-15(23(17)25)16-8-12-20(26(21)27(16)24)31(40)37-30(19)39/h2-13,32H,1H3,(H2,34,36)(H2,35,38)(H,41,42)(H,37,39,40). The number of carboxylic acid groups (broad SMARTS) is 1. The van der Waals surface area contributed by atoms with Gasteiger partial charge in [-0.15, -0.1) is 0 Å². The summed E-state index contributed by atoms with van der Waals surface area (Å²) in [7, 11) is 1.47. The molecule has 3 heterocycles. The third kappa shape index (κ3) is 3.67. The van der Waals surface area contributed by atoms with Gasteiger partial charge in [0.15, 0.2) is 6.23 Å². The molecule has 0 fully saturated rings. The van der Waals surface area contributed by atoms with Crippen LogP contribution in [0.2, 0.25) is 0 Å². The average Bonchev–Trinajstić information content (AvgIpc) is 3.05. The third-order valence-corrected chi connectivity index (χ3v) is 8.06. The number of methoxy groups -OCH3 is 1. The lowest BCUT2D eigenvalue weighted by molar-refractivity contribution is 0.0699. The molecule has 3 aromatic heterocycles. The molecule has 0 aliphatic rings. The van der Waals surface area contributed by atoms with Crippen LogP contribution in [0.3, 0.4) is 0 Å². The molecular weight excluding hydrogens is 548 g/mol. The van der Waals surface area contributed by atoms with Crippen molar-refractivity contribution in [3.8, 4) is 0 Å². The number of benzene rings is 6. The monoisotopic (exact) mass is 570 g/mol. The number of nitrogens with one attached hydrogen (secondary N) is 1. The van der Waals surface area contributed by atoms with Crippen molar-refractivity contribution in [3.05, 3.63) is 116 Å². The lowest BCUT2D eigenvalue weighted by Crippen LogP contribution is -2.19. The van der Waals surface area contributed by atoms with Crippen LogP contribution < -0.4 is 22.6 Å². The van der Waals surface area contributed by atoms with E-state index in [1.807, 2.05) is 30.3 Å². The van der Waals surface area contributed by atoms with E-state index in [0.717, 1.165) is 0 Å². The van der Waals surface area contributed by atoms with Crippen molar-refractivity contribution >= 4 is 71.6 Å². The highest BCUT2D eigenvalue weighted by Gasteiger charge is 2.26. The molecule has 1 amide bonds. The number of primary amides is 1. The summed E-state index contributed by atoms with van der Waals surface area (Å²) in [5.41, 5.74) is 11.7. The topological polar surface area (TPSA) is 178 Å². The molecule has 210 valence electrons. The summed E-state index contributed by atoms with van der Waals surface area (Å²) in [6.07, 6.45) is -0.818. The quantitative estimate of drug-likeness (QED) is 0.100. The number of aromatic carboxylic acids is 1. The van der Waals surface area contributed by atoms with E-state index < -0.39 is 29.2 Å². The van der Waals surface area contributed by atoms with Crippen molar-refractivity contribution in [2.75, 3.05) is 7.11 Å². The Balaban J connectivity index is 1.78. The zero-order chi connectivity index (χ0) is 30.2. The van der Waals surface area contributed by atoms with E-state index in [1.54, 1.807) is 24.3 Å². The Morgan fingerprint density at radius 2 is 1.28 bits per heavy atom. The van der Waals surface area contributed by atoms with E-state index in [9.17, 15) is 24.3 Å². The molecule has 43 heavy (non-hydrogen) atoms. The normalized spacial score (nSPS) is 13.1. The first kappa shape index (κ1) is 26.1. The van der Waals surface area contributed by atoms with Crippen LogP contribution in [0, 0.1) is 0 Å². The molecule has 1 atom stereocenters. The molecule has 0 aliphatic carbocycles. The molecule has 9 aromatic rings. The number of carbonyl (C=O) groups is 2. The summed E-state index contributed by atoms with van der Waals surface area (Å²) >= 11 is 0. The summed E-state index contributed by atoms with van der Waals surface area (Å²) in [5, 5.41) is 14.2. The number of hydrogen-bond acceptors (Lipinski definition) is 6. The zero-order valence-electron chi connectivity index (χ0n) is 22.6. The number of carbonyl (C=O) groups excluding carboxylic acids is 1. The van der Waals surface area contributed by atoms with Gasteiger partial charge < -0.3 is 21.3 Å². The van der Waals surface area contributed by atoms with Gasteiger partial charge in [0, 0.05) is 50.7 Å². The molecule has 0 radical (unpaired) electrons. The molecule has 1 unspecified atom stereocenters. The highest BCUT2D eigenvalue weighted by molar-refractivity contribution is 6.41. The summed E-state index contributed by atoms with van der Waals surface area (Å²) in [4.78, 5) is 59.7. The Hall–Kier alpha value is -5.87. The lowest BCUT2D eigenvalue weighted by atomic mass is 9.83. The van der Waals surface area contributed by atoms with Crippen LogP contribution in [0.5, 0.6) is 0 Å². The minimum atomic E-state index is -1.24. The molecule has 0 saturated carbocycles. The van der Waals surface area contributed by atoms with E-state index in [-0.39, 0.29) is 38.7 Å². The fraction of sp³-hybridized carbons (Fsp3) is 0.0606. The Morgan fingerprint density at radius 1 is 0.721 bits per heavy atom. The first-order valence-corrected chi connectivity index (χ1v) is 13.3. The van der Waals surface area contributed by atoms with Crippen LogP contribution in [0.25, 0.3) is 53.9 Å². The second-order valence-corrected chi connectivity index (χ2v) is 10.3. The number of aromatic amines is 1. The van der Waals surface area contributed by atoms with Gasteiger partial charge in [-0.25, -0.2) is 9.79 Å². The van der Waals surface area contributed by atoms with Crippen LogP contribution in [-0.2, 0) is 4.74 Å². The van der Waals surface area contributed by atoms with Crippen molar-refractivity contribution in [3.63, 3.8) is 0 Å². The summed E-state index contributed by atoms with van der Waals surface area (Å²) in [6, 6.07) is 20.1. The SMILES string of the molecule is COC(N=C(N)c1cc(C(=O)O)c2c3ccc(C(N)=O)c4c5ccc(c6ccc(c(=O)[nH]c5=O)c1c62)c34)c1ccccc1. The number of carboxylic acids is 1. The van der Waals surface area contributed by atoms with Gasteiger partial charge in [0.25, 0.3) is 11.1 Å². The number of fused-ring (bicyclic) bond motifs is 1. The summed E-state index contributed by atoms with van der Waals surface area (Å²) in [6.45, 7) is 0. The predicted molar refractivity (Wildman–Crippen MR) is 166 cm³/mol. The van der Waals surface area contributed by atoms with Crippen LogP contribution in [-0.4, -0.2) is 34.9 Å². The molecule has 0 spiro atoms. The van der Waals surface area contributed by atoms with E-state index in [1.165, 1.54) is 25.3 Å². The number of aromatic nitrogens is 1. The van der Waals surface area contributed by atoms with E-state index in [4.69, 9.17) is 16.2 Å². The third-order valence-electron chi connectivity index (χ3n) is 8.06. The van der Waals surface area contributed by atoms with Crippen LogP contribution in [0.4, 0.5) is 0 Å². The molecule has 10 nitrogen and oxygen atoms in total. The van der Waals surface area contributed by atoms with Crippen LogP contribution in [0.15, 0.2) is 87.4 Å². The number of amidine groups is 1. The molecular formula is C33H22N4O6. The second-order valence-electron chi connectivity index (χ2n) is 10.3. The molecule has 0 aliphatic heterocycles. The summed E-state index contributed by atoms with van der Waals surface area (Å²) < 4.78 is 5.59. The Labute approximate surface area is 241 Å². The molecule has 10 bridgehead atoms. The number of nitrogens with two attached hydrogens (primary N) is 2. The number of rotatable bonds is 6. The number of H-pyrrole nitrogens is 1. The van der Waals surface area contributed by atoms with Crippen molar-refractivity contribution in [1.82, 2.24) is 4.98 Å². The Kier molecular flexibility index (Phi) is 5.65. The van der Waals surface area contributed by atoms with Gasteiger partial charge in [0.2, 0.25) is 5.91 Å². The highest BCUT2D eigenvalue weighted by Crippen LogP contribution is 2.45. The largest absolute Gasteiger partial charge is 0.478 e. The first-order valence-electron chi connectivity index (χ1n) is 13.3. The van der Waals surface area contributed by atoms with Crippen LogP contribution in [0.1, 0.15) is 38.1 Å². The smallest absolute Gasteiger partial charge is 0.336 e. The summed E-state index contributed by atoms with van der Waals surface area (Å²) in [5.74, 6) is -2.07. The van der Waals surface area contributed by atoms with Crippen molar-refractivity contribution in [2.45, 2.75) is 6.23 Å². The molecule has 6 aromatic carbocycles. The van der Waals surface area contributed by atoms with Crippen molar-refractivity contribution < 1.29 is 19.4 Å². The van der Waals surface area contributed by atoms with Crippen LogP contribution >= 0.6 is 0 Å². The van der Waals surface area contributed by atoms with Gasteiger partial charge >= 0.3 is 5.97 Å². The predicted octanol–water partition coefficient (Wildman–Crippen LogP) is 4.22. The van der Waals surface area contributed by atoms with Gasteiger partial charge in [-0.3, -0.25) is 19.4 Å². The first-order chi connectivity index (χ1) is 20.7. The van der Waals surface area contributed by atoms with Gasteiger partial charge in [-0.2, -0.15) is 0 Å². The minimum absolute atomic E-state index is 0.0609. The number of aliphatic imine (C=N–C) groups is 1. The highest BCUT2D eigenvalue weighted by atomic mass is 16.5. The van der Waals surface area contributed by atoms with E-state index >= 15 is 0 Å². The van der Waals surface area contributed by atoms with Gasteiger partial charge in [-0.05, 0) is 51.2 Å². The Bertz CT molecular complexity index is 2450. The van der Waals surface area contributed by atoms with Gasteiger partial charge in [0.05, 0.1) is 5.56 Å². The van der Waals surface area contributed by atoms with E-state index in [2.05, 4.69) is 9.98 Å². The minimum Gasteiger partial charge on any atom is -0.478 e. The number of ether oxygens (including phenoxy) is 1. The molecule has 9 rings (SSSR count). The fourth-order valence-electron chi connectivity index (χ4n) is 6.27. The van der Waals surface area contributed by atoms with E-state index in [0.29, 0.717) is 43.3 Å². The number of amides is 1. The Morgan fingerprint density at radius 3 is 1.88 bits per heavy atom. The van der Waals surface area contributed by atoms with Crippen molar-refractivity contribution in [1.29, 1.82) is 0 Å². The van der Waals surface area contributed by atoms with Gasteiger partial charge in [0.1, 0.15) is 5.84 Å².